The monoisotopic (exact) mass is 391 g/mol. The lowest BCUT2D eigenvalue weighted by atomic mass is 10.2. The summed E-state index contributed by atoms with van der Waals surface area (Å²) in [5.41, 5.74) is 0.709. The highest BCUT2D eigenvalue weighted by Gasteiger charge is 2.25. The number of hydrogen-bond acceptors (Lipinski definition) is 7. The highest BCUT2D eigenvalue weighted by Crippen LogP contribution is 2.24. The number of anilines is 1. The maximum Gasteiger partial charge on any atom is 0.322 e. The number of rotatable bonds is 5. The third-order valence-corrected chi connectivity index (χ3v) is 4.86. The fraction of sp³-hybridized carbons (Fsp3) is 0.200. The molecular weight excluding hydrogens is 377 g/mol. The van der Waals surface area contributed by atoms with Crippen molar-refractivity contribution in [3.8, 4) is 6.01 Å². The number of ether oxygens (including phenoxy) is 1. The van der Waals surface area contributed by atoms with Gasteiger partial charge in [-0.15, -0.1) is 5.10 Å². The van der Waals surface area contributed by atoms with Gasteiger partial charge < -0.3 is 4.74 Å². The van der Waals surface area contributed by atoms with Crippen molar-refractivity contribution < 1.29 is 17.5 Å². The zero-order valence-electron chi connectivity index (χ0n) is 14.3. The number of para-hydroxylation sites is 1. The SMILES string of the molecule is CCOc1nc(F)cc2nc(S(=O)(=O)Nc3nn(C)c4ccccc34)nn12. The molecule has 0 aliphatic carbocycles. The van der Waals surface area contributed by atoms with Gasteiger partial charge in [-0.25, -0.2) is 0 Å². The highest BCUT2D eigenvalue weighted by molar-refractivity contribution is 7.92. The molecule has 1 aromatic carbocycles. The van der Waals surface area contributed by atoms with Crippen molar-refractivity contribution in [1.82, 2.24) is 29.4 Å². The second kappa shape index (κ2) is 6.16. The summed E-state index contributed by atoms with van der Waals surface area (Å²) in [5, 5.41) is 8.15. The minimum absolute atomic E-state index is 0.0443. The fourth-order valence-electron chi connectivity index (χ4n) is 2.61. The molecule has 10 nitrogen and oxygen atoms in total. The van der Waals surface area contributed by atoms with E-state index in [1.54, 1.807) is 30.8 Å². The van der Waals surface area contributed by atoms with E-state index in [0.29, 0.717) is 5.39 Å². The number of fused-ring (bicyclic) bond motifs is 2. The smallest absolute Gasteiger partial charge is 0.322 e. The van der Waals surface area contributed by atoms with E-state index in [0.717, 1.165) is 16.1 Å². The Kier molecular flexibility index (Phi) is 3.91. The molecule has 3 aromatic heterocycles. The molecule has 12 heteroatoms. The topological polar surface area (TPSA) is 116 Å². The van der Waals surface area contributed by atoms with Gasteiger partial charge in [-0.1, -0.05) is 12.1 Å². The largest absolute Gasteiger partial charge is 0.464 e. The quantitative estimate of drug-likeness (QED) is 0.510. The van der Waals surface area contributed by atoms with E-state index in [-0.39, 0.29) is 24.1 Å². The first-order valence-corrected chi connectivity index (χ1v) is 9.38. The number of halogens is 1. The second-order valence-corrected chi connectivity index (χ2v) is 7.13. The molecule has 0 aliphatic rings. The van der Waals surface area contributed by atoms with E-state index in [1.165, 1.54) is 0 Å². The minimum Gasteiger partial charge on any atom is -0.464 e. The Morgan fingerprint density at radius 3 is 2.78 bits per heavy atom. The number of benzene rings is 1. The van der Waals surface area contributed by atoms with E-state index in [2.05, 4.69) is 24.9 Å². The van der Waals surface area contributed by atoms with Crippen LogP contribution in [0.25, 0.3) is 16.6 Å². The Hall–Kier alpha value is -3.28. The lowest BCUT2D eigenvalue weighted by Crippen LogP contribution is -2.15. The molecule has 0 radical (unpaired) electrons. The Labute approximate surface area is 152 Å². The van der Waals surface area contributed by atoms with Crippen molar-refractivity contribution in [2.45, 2.75) is 12.1 Å². The molecule has 0 saturated heterocycles. The third-order valence-electron chi connectivity index (χ3n) is 3.75. The highest BCUT2D eigenvalue weighted by atomic mass is 32.2. The van der Waals surface area contributed by atoms with Gasteiger partial charge in [0.1, 0.15) is 0 Å². The van der Waals surface area contributed by atoms with Gasteiger partial charge in [0.2, 0.25) is 5.95 Å². The van der Waals surface area contributed by atoms with Crippen LogP contribution in [0.5, 0.6) is 6.01 Å². The zero-order chi connectivity index (χ0) is 19.2. The van der Waals surface area contributed by atoms with Crippen LogP contribution in [-0.4, -0.2) is 44.4 Å². The number of aromatic nitrogens is 6. The average molecular weight is 391 g/mol. The fourth-order valence-corrected chi connectivity index (χ4v) is 3.51. The Morgan fingerprint density at radius 1 is 1.22 bits per heavy atom. The van der Waals surface area contributed by atoms with Crippen molar-refractivity contribution in [3.05, 3.63) is 36.3 Å². The van der Waals surface area contributed by atoms with Crippen LogP contribution in [0.15, 0.2) is 35.5 Å². The van der Waals surface area contributed by atoms with Crippen molar-refractivity contribution >= 4 is 32.4 Å². The van der Waals surface area contributed by atoms with Crippen molar-refractivity contribution in [2.75, 3.05) is 11.3 Å². The van der Waals surface area contributed by atoms with Crippen LogP contribution < -0.4 is 9.46 Å². The minimum atomic E-state index is -4.17. The molecule has 0 bridgehead atoms. The van der Waals surface area contributed by atoms with Crippen LogP contribution in [0.2, 0.25) is 0 Å². The summed E-state index contributed by atoms with van der Waals surface area (Å²) in [6.45, 7) is 1.88. The van der Waals surface area contributed by atoms with Crippen molar-refractivity contribution in [3.63, 3.8) is 0 Å². The van der Waals surface area contributed by atoms with E-state index in [9.17, 15) is 12.8 Å². The summed E-state index contributed by atoms with van der Waals surface area (Å²) in [4.78, 5) is 7.43. The molecule has 0 atom stereocenters. The van der Waals surface area contributed by atoms with Crippen LogP contribution in [0.3, 0.4) is 0 Å². The predicted octanol–water partition coefficient (Wildman–Crippen LogP) is 1.35. The zero-order valence-corrected chi connectivity index (χ0v) is 15.1. The van der Waals surface area contributed by atoms with Crippen molar-refractivity contribution in [1.29, 1.82) is 0 Å². The standard InChI is InChI=1S/C15H14FN7O3S/c1-3-26-15-17-11(16)8-12-18-14(20-23(12)15)27(24,25)21-13-9-6-4-5-7-10(9)22(2)19-13/h4-8H,3H2,1-2H3,(H,19,21). The van der Waals surface area contributed by atoms with E-state index >= 15 is 0 Å². The molecule has 3 heterocycles. The molecule has 27 heavy (non-hydrogen) atoms. The lowest BCUT2D eigenvalue weighted by Gasteiger charge is -2.03. The molecule has 0 fully saturated rings. The molecule has 0 aliphatic heterocycles. The first kappa shape index (κ1) is 17.1. The van der Waals surface area contributed by atoms with Gasteiger partial charge in [-0.2, -0.15) is 32.4 Å². The molecule has 1 N–H and O–H groups in total. The summed E-state index contributed by atoms with van der Waals surface area (Å²) in [6.07, 6.45) is 0. The summed E-state index contributed by atoms with van der Waals surface area (Å²) < 4.78 is 49.2. The molecule has 0 saturated carbocycles. The summed E-state index contributed by atoms with van der Waals surface area (Å²) in [7, 11) is -2.47. The van der Waals surface area contributed by atoms with Gasteiger partial charge in [0.15, 0.2) is 11.5 Å². The van der Waals surface area contributed by atoms with Crippen molar-refractivity contribution in [2.24, 2.45) is 7.05 Å². The Balaban J connectivity index is 1.78. The van der Waals surface area contributed by atoms with Gasteiger partial charge in [-0.05, 0) is 19.1 Å². The molecule has 140 valence electrons. The number of sulfonamides is 1. The van der Waals surface area contributed by atoms with E-state index in [1.807, 2.05) is 12.1 Å². The molecule has 4 rings (SSSR count). The van der Waals surface area contributed by atoms with Gasteiger partial charge in [0.25, 0.3) is 5.16 Å². The number of aryl methyl sites for hydroxylation is 1. The van der Waals surface area contributed by atoms with Crippen LogP contribution in [-0.2, 0) is 17.1 Å². The van der Waals surface area contributed by atoms with Crippen LogP contribution in [0.1, 0.15) is 6.92 Å². The normalized spacial score (nSPS) is 12.0. The summed E-state index contributed by atoms with van der Waals surface area (Å²) >= 11 is 0. The maximum atomic E-state index is 13.6. The molecule has 0 spiro atoms. The van der Waals surface area contributed by atoms with Gasteiger partial charge in [-0.3, -0.25) is 9.40 Å². The lowest BCUT2D eigenvalue weighted by molar-refractivity contribution is 0.296. The maximum absolute atomic E-state index is 13.6. The first-order valence-electron chi connectivity index (χ1n) is 7.89. The van der Waals surface area contributed by atoms with Crippen LogP contribution in [0, 0.1) is 5.95 Å². The molecule has 0 unspecified atom stereocenters. The number of hydrogen-bond donors (Lipinski definition) is 1. The van der Waals surface area contributed by atoms with Crippen LogP contribution in [0.4, 0.5) is 10.2 Å². The Bertz CT molecular complexity index is 1270. The molecule has 0 amide bonds. The van der Waals surface area contributed by atoms with E-state index < -0.39 is 21.1 Å². The number of nitrogens with one attached hydrogen (secondary N) is 1. The van der Waals surface area contributed by atoms with Gasteiger partial charge >= 0.3 is 16.0 Å². The summed E-state index contributed by atoms with van der Waals surface area (Å²) in [5.74, 6) is -0.715. The molecule has 4 aromatic rings. The van der Waals surface area contributed by atoms with Gasteiger partial charge in [0.05, 0.1) is 12.1 Å². The Morgan fingerprint density at radius 2 is 2.00 bits per heavy atom. The first-order chi connectivity index (χ1) is 12.9. The van der Waals surface area contributed by atoms with Crippen LogP contribution >= 0.6 is 0 Å². The average Bonchev–Trinajstić information content (AvgIpc) is 3.18. The second-order valence-electron chi connectivity index (χ2n) is 5.55. The number of nitrogens with zero attached hydrogens (tertiary/aromatic N) is 6. The summed E-state index contributed by atoms with van der Waals surface area (Å²) in [6, 6.07) is 7.92. The van der Waals surface area contributed by atoms with Gasteiger partial charge in [0, 0.05) is 18.5 Å². The van der Waals surface area contributed by atoms with E-state index in [4.69, 9.17) is 4.74 Å². The predicted molar refractivity (Wildman–Crippen MR) is 93.4 cm³/mol. The molecular formula is C15H14FN7O3S. The third kappa shape index (κ3) is 2.93.